The fourth-order valence-corrected chi connectivity index (χ4v) is 3.93. The highest BCUT2D eigenvalue weighted by Crippen LogP contribution is 2.32. The molecule has 0 spiro atoms. The summed E-state index contributed by atoms with van der Waals surface area (Å²) in [5, 5.41) is 11.2. The van der Waals surface area contributed by atoms with Gasteiger partial charge in [-0.3, -0.25) is 9.59 Å². The number of halogens is 3. The van der Waals surface area contributed by atoms with Crippen molar-refractivity contribution in [2.75, 3.05) is 13.2 Å². The van der Waals surface area contributed by atoms with Crippen molar-refractivity contribution in [2.24, 2.45) is 5.41 Å². The lowest BCUT2D eigenvalue weighted by atomic mass is 9.87. The quantitative estimate of drug-likeness (QED) is 0.266. The van der Waals surface area contributed by atoms with Gasteiger partial charge >= 0.3 is 12.1 Å². The third kappa shape index (κ3) is 8.94. The monoisotopic (exact) mass is 527 g/mol. The van der Waals surface area contributed by atoms with Crippen LogP contribution in [-0.4, -0.2) is 30.1 Å². The van der Waals surface area contributed by atoms with Crippen molar-refractivity contribution in [2.45, 2.75) is 45.7 Å². The van der Waals surface area contributed by atoms with Gasteiger partial charge < -0.3 is 15.2 Å². The Hall–Kier alpha value is -3.81. The molecule has 1 amide bonds. The van der Waals surface area contributed by atoms with E-state index in [9.17, 15) is 22.8 Å². The van der Waals surface area contributed by atoms with Crippen LogP contribution in [0.25, 0.3) is 11.1 Å². The molecule has 0 aliphatic heterocycles. The van der Waals surface area contributed by atoms with E-state index in [-0.39, 0.29) is 24.3 Å². The number of carbonyl (C=O) groups is 2. The van der Waals surface area contributed by atoms with Crippen LogP contribution in [0.15, 0.2) is 72.8 Å². The zero-order valence-corrected chi connectivity index (χ0v) is 21.5. The number of ether oxygens (including phenoxy) is 1. The van der Waals surface area contributed by atoms with Crippen LogP contribution in [0.3, 0.4) is 0 Å². The van der Waals surface area contributed by atoms with Crippen LogP contribution in [0.1, 0.15) is 54.6 Å². The summed E-state index contributed by atoms with van der Waals surface area (Å²) >= 11 is 0. The van der Waals surface area contributed by atoms with E-state index >= 15 is 0 Å². The molecule has 0 saturated heterocycles. The fourth-order valence-electron chi connectivity index (χ4n) is 3.93. The van der Waals surface area contributed by atoms with Crippen LogP contribution in [0, 0.1) is 5.41 Å². The van der Waals surface area contributed by atoms with Crippen molar-refractivity contribution >= 4 is 11.9 Å². The summed E-state index contributed by atoms with van der Waals surface area (Å²) in [6.45, 7) is 4.88. The Morgan fingerprint density at radius 1 is 0.868 bits per heavy atom. The lowest BCUT2D eigenvalue weighted by Gasteiger charge is -2.25. The van der Waals surface area contributed by atoms with Gasteiger partial charge in [0.15, 0.2) is 0 Å². The SMILES string of the molecule is CC(C)(CCCc1ccc(C(=O)NCCC(=O)O)cc1)COc1ccc(-c2ccc(C(F)(F)F)cc2)cc1. The average molecular weight is 528 g/mol. The summed E-state index contributed by atoms with van der Waals surface area (Å²) in [5.41, 5.74) is 2.39. The predicted molar refractivity (Wildman–Crippen MR) is 140 cm³/mol. The zero-order valence-electron chi connectivity index (χ0n) is 21.5. The number of amides is 1. The Kier molecular flexibility index (Phi) is 9.55. The van der Waals surface area contributed by atoms with Gasteiger partial charge in [-0.2, -0.15) is 13.2 Å². The van der Waals surface area contributed by atoms with Gasteiger partial charge in [0.1, 0.15) is 5.75 Å². The summed E-state index contributed by atoms with van der Waals surface area (Å²) in [7, 11) is 0. The summed E-state index contributed by atoms with van der Waals surface area (Å²) in [5.74, 6) is -0.544. The summed E-state index contributed by atoms with van der Waals surface area (Å²) in [4.78, 5) is 22.6. The van der Waals surface area contributed by atoms with Gasteiger partial charge in [0, 0.05) is 12.1 Å². The first-order chi connectivity index (χ1) is 17.9. The van der Waals surface area contributed by atoms with Crippen LogP contribution in [0.2, 0.25) is 0 Å². The standard InChI is InChI=1S/C30H32F3NO4/c1-29(2,18-3-4-21-5-7-24(8-6-21)28(37)34-19-17-27(35)36)20-38-26-15-11-23(12-16-26)22-9-13-25(14-10-22)30(31,32)33/h5-16H,3-4,17-20H2,1-2H3,(H,34,37)(H,35,36). The van der Waals surface area contributed by atoms with Crippen molar-refractivity contribution in [3.8, 4) is 16.9 Å². The maximum Gasteiger partial charge on any atom is 0.416 e. The molecule has 0 aliphatic carbocycles. The first-order valence-electron chi connectivity index (χ1n) is 12.4. The van der Waals surface area contributed by atoms with Crippen molar-refractivity contribution < 1.29 is 32.6 Å². The minimum Gasteiger partial charge on any atom is -0.493 e. The third-order valence-corrected chi connectivity index (χ3v) is 6.19. The fraction of sp³-hybridized carbons (Fsp3) is 0.333. The molecule has 2 N–H and O–H groups in total. The number of carboxylic acids is 1. The number of alkyl halides is 3. The molecule has 0 heterocycles. The summed E-state index contributed by atoms with van der Waals surface area (Å²) < 4.78 is 44.3. The highest BCUT2D eigenvalue weighted by atomic mass is 19.4. The number of carbonyl (C=O) groups excluding carboxylic acids is 1. The number of rotatable bonds is 12. The van der Waals surface area contributed by atoms with E-state index in [1.54, 1.807) is 12.1 Å². The van der Waals surface area contributed by atoms with E-state index in [1.165, 1.54) is 12.1 Å². The number of carboxylic acid groups (broad SMARTS) is 1. The van der Waals surface area contributed by atoms with Crippen molar-refractivity contribution in [1.82, 2.24) is 5.32 Å². The number of hydrogen-bond acceptors (Lipinski definition) is 3. The van der Waals surface area contributed by atoms with E-state index in [2.05, 4.69) is 19.2 Å². The molecule has 0 radical (unpaired) electrons. The number of benzene rings is 3. The molecule has 38 heavy (non-hydrogen) atoms. The smallest absolute Gasteiger partial charge is 0.416 e. The molecule has 0 aromatic heterocycles. The van der Waals surface area contributed by atoms with E-state index in [1.807, 2.05) is 36.4 Å². The zero-order chi connectivity index (χ0) is 27.8. The first-order valence-corrected chi connectivity index (χ1v) is 12.4. The molecule has 8 heteroatoms. The number of hydrogen-bond donors (Lipinski definition) is 2. The molecular formula is C30H32F3NO4. The van der Waals surface area contributed by atoms with Gasteiger partial charge in [-0.15, -0.1) is 0 Å². The van der Waals surface area contributed by atoms with Crippen LogP contribution >= 0.6 is 0 Å². The predicted octanol–water partition coefficient (Wildman–Crippen LogP) is 7.00. The van der Waals surface area contributed by atoms with Gasteiger partial charge in [0.25, 0.3) is 5.91 Å². The maximum absolute atomic E-state index is 12.8. The van der Waals surface area contributed by atoms with Gasteiger partial charge in [-0.1, -0.05) is 50.2 Å². The third-order valence-electron chi connectivity index (χ3n) is 6.19. The number of aliphatic carboxylic acids is 1. The van der Waals surface area contributed by atoms with Crippen LogP contribution in [0.5, 0.6) is 5.75 Å². The van der Waals surface area contributed by atoms with Gasteiger partial charge in [-0.05, 0) is 77.8 Å². The summed E-state index contributed by atoms with van der Waals surface area (Å²) in [6.07, 6.45) is -1.75. The Morgan fingerprint density at radius 2 is 1.45 bits per heavy atom. The minimum atomic E-state index is -4.35. The van der Waals surface area contributed by atoms with E-state index in [4.69, 9.17) is 9.84 Å². The molecule has 0 atom stereocenters. The lowest BCUT2D eigenvalue weighted by Crippen LogP contribution is -2.25. The normalized spacial score (nSPS) is 11.7. The minimum absolute atomic E-state index is 0.0733. The largest absolute Gasteiger partial charge is 0.493 e. The molecule has 0 unspecified atom stereocenters. The molecule has 3 aromatic carbocycles. The van der Waals surface area contributed by atoms with E-state index in [0.717, 1.165) is 42.5 Å². The van der Waals surface area contributed by atoms with Crippen LogP contribution in [-0.2, 0) is 17.4 Å². The van der Waals surface area contributed by atoms with Gasteiger partial charge in [0.05, 0.1) is 18.6 Å². The summed E-state index contributed by atoms with van der Waals surface area (Å²) in [6, 6.07) is 19.7. The van der Waals surface area contributed by atoms with Crippen LogP contribution in [0.4, 0.5) is 13.2 Å². The molecule has 202 valence electrons. The maximum atomic E-state index is 12.8. The number of aryl methyl sites for hydroxylation is 1. The molecule has 0 bridgehead atoms. The molecule has 5 nitrogen and oxygen atoms in total. The highest BCUT2D eigenvalue weighted by molar-refractivity contribution is 5.94. The van der Waals surface area contributed by atoms with E-state index in [0.29, 0.717) is 23.5 Å². The highest BCUT2D eigenvalue weighted by Gasteiger charge is 2.30. The Morgan fingerprint density at radius 3 is 2.00 bits per heavy atom. The lowest BCUT2D eigenvalue weighted by molar-refractivity contribution is -0.138. The second kappa shape index (κ2) is 12.6. The molecule has 3 aromatic rings. The number of nitrogens with one attached hydrogen (secondary N) is 1. The Bertz CT molecular complexity index is 1200. The second-order valence-corrected chi connectivity index (χ2v) is 10.0. The van der Waals surface area contributed by atoms with Crippen LogP contribution < -0.4 is 10.1 Å². The molecule has 0 aliphatic rings. The Labute approximate surface area is 220 Å². The molecule has 3 rings (SSSR count). The topological polar surface area (TPSA) is 75.6 Å². The van der Waals surface area contributed by atoms with Gasteiger partial charge in [0.2, 0.25) is 0 Å². The molecular weight excluding hydrogens is 495 g/mol. The van der Waals surface area contributed by atoms with E-state index < -0.39 is 17.7 Å². The molecule has 0 fully saturated rings. The average Bonchev–Trinajstić information content (AvgIpc) is 2.87. The molecule has 0 saturated carbocycles. The van der Waals surface area contributed by atoms with Crippen molar-refractivity contribution in [1.29, 1.82) is 0 Å². The van der Waals surface area contributed by atoms with Crippen molar-refractivity contribution in [3.63, 3.8) is 0 Å². The Balaban J connectivity index is 1.43. The first kappa shape index (κ1) is 28.8. The second-order valence-electron chi connectivity index (χ2n) is 10.0. The van der Waals surface area contributed by atoms with Gasteiger partial charge in [-0.25, -0.2) is 0 Å². The van der Waals surface area contributed by atoms with Crippen molar-refractivity contribution in [3.05, 3.63) is 89.5 Å².